The first-order chi connectivity index (χ1) is 30.4. The van der Waals surface area contributed by atoms with Gasteiger partial charge >= 0.3 is 0 Å². The van der Waals surface area contributed by atoms with Crippen molar-refractivity contribution < 1.29 is 14.2 Å². The van der Waals surface area contributed by atoms with Crippen LogP contribution in [-0.2, 0) is 16.2 Å². The van der Waals surface area contributed by atoms with Crippen molar-refractivity contribution >= 4 is 51.9 Å². The Labute approximate surface area is 387 Å². The van der Waals surface area contributed by atoms with Crippen LogP contribution in [0.4, 0.5) is 17.1 Å². The van der Waals surface area contributed by atoms with Gasteiger partial charge in [-0.15, -0.1) is 0 Å². The molecule has 9 heteroatoms. The lowest BCUT2D eigenvalue weighted by Gasteiger charge is -2.62. The lowest BCUT2D eigenvalue weighted by Crippen LogP contribution is -2.53. The molecule has 0 heterocycles. The zero-order valence-corrected chi connectivity index (χ0v) is 38.5. The van der Waals surface area contributed by atoms with E-state index in [1.54, 1.807) is 6.07 Å². The first kappa shape index (κ1) is 39.9. The summed E-state index contributed by atoms with van der Waals surface area (Å²) in [5.74, 6) is 10.5. The van der Waals surface area contributed by atoms with Crippen molar-refractivity contribution in [3.05, 3.63) is 86.4 Å². The molecule has 12 aliphatic carbocycles. The van der Waals surface area contributed by atoms with Gasteiger partial charge in [-0.25, -0.2) is 0 Å². The molecule has 4 aromatic carbocycles. The number of ether oxygens (including phenoxy) is 3. The van der Waals surface area contributed by atoms with E-state index in [-0.39, 0.29) is 16.2 Å². The lowest BCUT2D eigenvalue weighted by molar-refractivity contribution is -0.0205. The molecular formula is C54H60Cl3N3O3. The van der Waals surface area contributed by atoms with E-state index in [0.29, 0.717) is 103 Å². The fourth-order valence-corrected chi connectivity index (χ4v) is 18.5. The molecule has 12 bridgehead atoms. The Morgan fingerprint density at radius 1 is 0.349 bits per heavy atom. The van der Waals surface area contributed by atoms with Crippen LogP contribution in [0.5, 0.6) is 34.5 Å². The van der Waals surface area contributed by atoms with E-state index in [1.165, 1.54) is 88.2 Å². The predicted octanol–water partition coefficient (Wildman–Crippen LogP) is 15.2. The maximum Gasteiger partial charge on any atom is 0.177 e. The average Bonchev–Trinajstić information content (AvgIpc) is 3.20. The topological polar surface area (TPSA) is 106 Å². The van der Waals surface area contributed by atoms with Crippen molar-refractivity contribution in [2.75, 3.05) is 17.2 Å². The Kier molecular flexibility index (Phi) is 9.04. The first-order valence-corrected chi connectivity index (χ1v) is 25.5. The minimum absolute atomic E-state index is 0.0829. The normalized spacial score (nSPS) is 37.5. The minimum Gasteiger partial charge on any atom is -0.455 e. The molecule has 63 heavy (non-hydrogen) atoms. The van der Waals surface area contributed by atoms with Crippen molar-refractivity contribution in [3.8, 4) is 34.5 Å². The first-order valence-electron chi connectivity index (χ1n) is 24.3. The van der Waals surface area contributed by atoms with Gasteiger partial charge < -0.3 is 31.4 Å². The molecular weight excluding hydrogens is 845 g/mol. The summed E-state index contributed by atoms with van der Waals surface area (Å²) in [4.78, 5) is 0. The van der Waals surface area contributed by atoms with Crippen molar-refractivity contribution in [2.45, 2.75) is 132 Å². The van der Waals surface area contributed by atoms with E-state index in [9.17, 15) is 0 Å². The van der Waals surface area contributed by atoms with E-state index >= 15 is 0 Å². The van der Waals surface area contributed by atoms with Crippen LogP contribution in [0.3, 0.4) is 0 Å². The van der Waals surface area contributed by atoms with Crippen LogP contribution in [0.1, 0.15) is 132 Å². The molecule has 0 amide bonds. The van der Waals surface area contributed by atoms with Crippen LogP contribution >= 0.6 is 34.8 Å². The van der Waals surface area contributed by atoms with Gasteiger partial charge in [0.1, 0.15) is 23.0 Å². The monoisotopic (exact) mass is 903 g/mol. The van der Waals surface area contributed by atoms with Gasteiger partial charge in [0.15, 0.2) is 11.5 Å². The number of hydrogen-bond donors (Lipinski definition) is 3. The summed E-state index contributed by atoms with van der Waals surface area (Å²) < 4.78 is 23.2. The second-order valence-corrected chi connectivity index (χ2v) is 24.3. The third kappa shape index (κ3) is 6.44. The van der Waals surface area contributed by atoms with Gasteiger partial charge in [-0.2, -0.15) is 0 Å². The Bertz CT molecular complexity index is 2450. The third-order valence-electron chi connectivity index (χ3n) is 18.6. The van der Waals surface area contributed by atoms with Crippen LogP contribution in [0.15, 0.2) is 54.6 Å². The minimum atomic E-state index is -0.208. The quantitative estimate of drug-likeness (QED) is 0.145. The standard InChI is InChI=1S/C54H60Cl3N3O3/c55-40-16-37(58)1-4-43(40)61-49-46(52-19-28-7-29(20-52)9-30(8-28)21-52)47(53-22-31-10-32(23-53)12-33(11-31)24-53)50(62-44-5-2-38(59)17-41(44)56)51(63-45-6-3-39(60)18-42(45)57)48(49)54-25-34-13-35(26-54)15-36(14-34)27-54/h1-6,16-18,28-36H,7-15,19-27,58-60H2. The smallest absolute Gasteiger partial charge is 0.177 e. The van der Waals surface area contributed by atoms with Crippen molar-refractivity contribution in [1.82, 2.24) is 0 Å². The van der Waals surface area contributed by atoms with Gasteiger partial charge in [-0.3, -0.25) is 0 Å². The van der Waals surface area contributed by atoms with Crippen molar-refractivity contribution in [1.29, 1.82) is 0 Å². The molecule has 330 valence electrons. The van der Waals surface area contributed by atoms with Crippen LogP contribution in [0.2, 0.25) is 15.1 Å². The van der Waals surface area contributed by atoms with Crippen LogP contribution in [-0.4, -0.2) is 0 Å². The van der Waals surface area contributed by atoms with Crippen molar-refractivity contribution in [3.63, 3.8) is 0 Å². The number of benzene rings is 4. The number of rotatable bonds is 9. The molecule has 16 rings (SSSR count). The number of nitrogen functional groups attached to an aromatic ring is 3. The molecule has 0 radical (unpaired) electrons. The summed E-state index contributed by atoms with van der Waals surface area (Å²) in [5.41, 5.74) is 24.5. The van der Waals surface area contributed by atoms with Gasteiger partial charge in [-0.05, 0) is 223 Å². The highest BCUT2D eigenvalue weighted by Gasteiger charge is 2.62. The van der Waals surface area contributed by atoms with Crippen LogP contribution in [0.25, 0.3) is 0 Å². The highest BCUT2D eigenvalue weighted by Crippen LogP contribution is 2.73. The highest BCUT2D eigenvalue weighted by molar-refractivity contribution is 6.33. The largest absolute Gasteiger partial charge is 0.455 e. The molecule has 12 aliphatic rings. The summed E-state index contributed by atoms with van der Waals surface area (Å²) in [6.45, 7) is 0. The van der Waals surface area contributed by atoms with E-state index in [4.69, 9.17) is 66.2 Å². The summed E-state index contributed by atoms with van der Waals surface area (Å²) >= 11 is 21.7. The average molecular weight is 905 g/mol. The zero-order chi connectivity index (χ0) is 42.6. The van der Waals surface area contributed by atoms with Gasteiger partial charge in [0, 0.05) is 50.0 Å². The summed E-state index contributed by atoms with van der Waals surface area (Å²) in [7, 11) is 0. The van der Waals surface area contributed by atoms with Crippen LogP contribution < -0.4 is 31.4 Å². The molecule has 6 N–H and O–H groups in total. The highest BCUT2D eigenvalue weighted by atomic mass is 35.5. The second kappa shape index (κ2) is 14.3. The Balaban J connectivity index is 1.19. The lowest BCUT2D eigenvalue weighted by atomic mass is 9.43. The zero-order valence-electron chi connectivity index (χ0n) is 36.2. The maximum absolute atomic E-state index is 7.86. The van der Waals surface area contributed by atoms with E-state index in [1.807, 2.05) is 48.5 Å². The van der Waals surface area contributed by atoms with Gasteiger partial charge in [0.05, 0.1) is 15.1 Å². The maximum atomic E-state index is 7.86. The Morgan fingerprint density at radius 2 is 0.587 bits per heavy atom. The molecule has 12 saturated carbocycles. The van der Waals surface area contributed by atoms with Crippen molar-refractivity contribution in [2.24, 2.45) is 53.3 Å². The van der Waals surface area contributed by atoms with E-state index < -0.39 is 0 Å². The number of hydrogen-bond acceptors (Lipinski definition) is 6. The summed E-state index contributed by atoms with van der Waals surface area (Å²) in [5, 5.41) is 1.48. The molecule has 4 aromatic rings. The fourth-order valence-electron chi connectivity index (χ4n) is 17.9. The Hall–Kier alpha value is -3.45. The molecule has 0 saturated heterocycles. The van der Waals surface area contributed by atoms with Gasteiger partial charge in [0.2, 0.25) is 0 Å². The molecule has 0 unspecified atom stereocenters. The van der Waals surface area contributed by atoms with Gasteiger partial charge in [0.25, 0.3) is 0 Å². The van der Waals surface area contributed by atoms with E-state index in [2.05, 4.69) is 0 Å². The van der Waals surface area contributed by atoms with Crippen LogP contribution in [0, 0.1) is 53.3 Å². The van der Waals surface area contributed by atoms with E-state index in [0.717, 1.165) is 61.3 Å². The summed E-state index contributed by atoms with van der Waals surface area (Å²) in [6, 6.07) is 17.1. The Morgan fingerprint density at radius 3 is 0.873 bits per heavy atom. The third-order valence-corrected chi connectivity index (χ3v) is 19.5. The molecule has 12 fully saturated rings. The molecule has 0 aliphatic heterocycles. The SMILES string of the molecule is Nc1ccc(Oc2c(Oc3ccc(N)cc3Cl)c(C34CC5CC(CC(C5)C3)C4)c(C34CC5CC(CC(C5)C3)C4)c(Oc3ccc(N)cc3Cl)c2C23CC4CC(CC(C4)C2)C3)c(Cl)c1. The molecule has 0 aromatic heterocycles. The second-order valence-electron chi connectivity index (χ2n) is 23.1. The fraction of sp³-hybridized carbons (Fsp3) is 0.556. The van der Waals surface area contributed by atoms with Gasteiger partial charge in [-0.1, -0.05) is 34.8 Å². The molecule has 0 atom stereocenters. The number of anilines is 3. The molecule has 6 nitrogen and oxygen atoms in total. The number of nitrogens with two attached hydrogens (primary N) is 3. The molecule has 0 spiro atoms. The predicted molar refractivity (Wildman–Crippen MR) is 254 cm³/mol. The number of halogens is 3. The summed E-state index contributed by atoms with van der Waals surface area (Å²) in [6.07, 6.45) is 22.2.